The highest BCUT2D eigenvalue weighted by Crippen LogP contribution is 2.09. The predicted octanol–water partition coefficient (Wildman–Crippen LogP) is 2.28. The lowest BCUT2D eigenvalue weighted by atomic mass is 10.1. The van der Waals surface area contributed by atoms with Gasteiger partial charge in [-0.05, 0) is 55.5 Å². The van der Waals surface area contributed by atoms with E-state index in [0.717, 1.165) is 9.53 Å². The van der Waals surface area contributed by atoms with Gasteiger partial charge in [-0.1, -0.05) is 0 Å². The molecule has 96 valence electrons. The molecule has 1 heterocycles. The third-order valence-corrected chi connectivity index (χ3v) is 2.55. The second-order valence-corrected chi connectivity index (χ2v) is 5.99. The summed E-state index contributed by atoms with van der Waals surface area (Å²) < 4.78 is 6.27. The summed E-state index contributed by atoms with van der Waals surface area (Å²) >= 11 is 2.13. The maximum absolute atomic E-state index is 11.5. The molecule has 0 spiro atoms. The zero-order valence-electron chi connectivity index (χ0n) is 10.5. The number of rotatable bonds is 5. The van der Waals surface area contributed by atoms with E-state index in [1.165, 1.54) is 0 Å². The van der Waals surface area contributed by atoms with Crippen molar-refractivity contribution in [3.05, 3.63) is 21.7 Å². The summed E-state index contributed by atoms with van der Waals surface area (Å²) in [7, 11) is 0. The molecule has 5 heteroatoms. The van der Waals surface area contributed by atoms with Crippen LogP contribution in [0, 0.1) is 3.77 Å². The van der Waals surface area contributed by atoms with Crippen LogP contribution in [0.25, 0.3) is 0 Å². The van der Waals surface area contributed by atoms with E-state index in [1.807, 2.05) is 32.9 Å². The highest BCUT2D eigenvalue weighted by Gasteiger charge is 2.12. The van der Waals surface area contributed by atoms with Gasteiger partial charge in [-0.15, -0.1) is 0 Å². The van der Waals surface area contributed by atoms with Crippen molar-refractivity contribution >= 4 is 28.5 Å². The third kappa shape index (κ3) is 6.68. The van der Waals surface area contributed by atoms with E-state index in [4.69, 9.17) is 4.42 Å². The van der Waals surface area contributed by atoms with Crippen LogP contribution in [0.3, 0.4) is 0 Å². The normalized spacial score (nSPS) is 11.5. The predicted molar refractivity (Wildman–Crippen MR) is 75.6 cm³/mol. The molecule has 0 unspecified atom stereocenters. The lowest BCUT2D eigenvalue weighted by Crippen LogP contribution is -2.41. The fraction of sp³-hybridized carbons (Fsp3) is 0.583. The van der Waals surface area contributed by atoms with Crippen molar-refractivity contribution in [3.8, 4) is 0 Å². The average molecular weight is 350 g/mol. The molecule has 1 rings (SSSR count). The van der Waals surface area contributed by atoms with Crippen LogP contribution in [-0.4, -0.2) is 18.0 Å². The van der Waals surface area contributed by atoms with E-state index in [1.54, 1.807) is 0 Å². The van der Waals surface area contributed by atoms with Gasteiger partial charge in [-0.2, -0.15) is 0 Å². The summed E-state index contributed by atoms with van der Waals surface area (Å²) in [6.45, 7) is 7.24. The Bertz CT molecular complexity index is 369. The fourth-order valence-corrected chi connectivity index (χ4v) is 1.80. The second kappa shape index (κ2) is 6.39. The molecule has 4 nitrogen and oxygen atoms in total. The van der Waals surface area contributed by atoms with Crippen LogP contribution in [0.1, 0.15) is 33.0 Å². The molecule has 0 aliphatic heterocycles. The quantitative estimate of drug-likeness (QED) is 0.633. The van der Waals surface area contributed by atoms with Crippen LogP contribution >= 0.6 is 22.6 Å². The van der Waals surface area contributed by atoms with Gasteiger partial charge in [0.15, 0.2) is 3.77 Å². The van der Waals surface area contributed by atoms with Crippen LogP contribution in [0.15, 0.2) is 16.5 Å². The number of amides is 1. The number of nitrogens with one attached hydrogen (secondary N) is 2. The van der Waals surface area contributed by atoms with E-state index < -0.39 is 0 Å². The molecular weight excluding hydrogens is 331 g/mol. The van der Waals surface area contributed by atoms with Crippen molar-refractivity contribution in [3.63, 3.8) is 0 Å². The zero-order valence-corrected chi connectivity index (χ0v) is 12.6. The molecule has 1 aromatic rings. The first-order chi connectivity index (χ1) is 7.87. The smallest absolute Gasteiger partial charge is 0.221 e. The first-order valence-corrected chi connectivity index (χ1v) is 6.71. The minimum absolute atomic E-state index is 0.0685. The molecule has 17 heavy (non-hydrogen) atoms. The highest BCUT2D eigenvalue weighted by atomic mass is 127. The van der Waals surface area contributed by atoms with Crippen molar-refractivity contribution in [1.29, 1.82) is 0 Å². The van der Waals surface area contributed by atoms with Gasteiger partial charge in [0, 0.05) is 18.5 Å². The topological polar surface area (TPSA) is 54.3 Å². The minimum atomic E-state index is -0.159. The summed E-state index contributed by atoms with van der Waals surface area (Å²) in [5.41, 5.74) is -0.159. The Morgan fingerprint density at radius 2 is 2.12 bits per heavy atom. The molecule has 0 aromatic carbocycles. The average Bonchev–Trinajstić information content (AvgIpc) is 2.56. The van der Waals surface area contributed by atoms with E-state index in [9.17, 15) is 4.79 Å². The number of halogens is 1. The van der Waals surface area contributed by atoms with Crippen molar-refractivity contribution in [2.75, 3.05) is 6.54 Å². The first-order valence-electron chi connectivity index (χ1n) is 5.63. The van der Waals surface area contributed by atoms with Gasteiger partial charge in [0.1, 0.15) is 5.76 Å². The molecule has 2 N–H and O–H groups in total. The number of hydrogen-bond donors (Lipinski definition) is 2. The molecular formula is C12H19IN2O2. The van der Waals surface area contributed by atoms with Gasteiger partial charge in [-0.3, -0.25) is 4.79 Å². The van der Waals surface area contributed by atoms with Crippen LogP contribution in [0.4, 0.5) is 0 Å². The molecule has 0 aliphatic rings. The van der Waals surface area contributed by atoms with Crippen molar-refractivity contribution in [2.45, 2.75) is 39.3 Å². The summed E-state index contributed by atoms with van der Waals surface area (Å²) in [5.74, 6) is 0.963. The van der Waals surface area contributed by atoms with Crippen molar-refractivity contribution in [1.82, 2.24) is 10.6 Å². The largest absolute Gasteiger partial charge is 0.454 e. The minimum Gasteiger partial charge on any atom is -0.454 e. The number of carbonyl (C=O) groups excluding carboxylic acids is 1. The van der Waals surface area contributed by atoms with Crippen molar-refractivity contribution < 1.29 is 9.21 Å². The summed E-state index contributed by atoms with van der Waals surface area (Å²) in [6, 6.07) is 3.86. The van der Waals surface area contributed by atoms with Gasteiger partial charge >= 0.3 is 0 Å². The molecule has 1 amide bonds. The van der Waals surface area contributed by atoms with Gasteiger partial charge in [-0.25, -0.2) is 0 Å². The summed E-state index contributed by atoms with van der Waals surface area (Å²) in [4.78, 5) is 11.5. The van der Waals surface area contributed by atoms with Crippen LogP contribution in [0.2, 0.25) is 0 Å². The second-order valence-electron chi connectivity index (χ2n) is 4.93. The van der Waals surface area contributed by atoms with E-state index in [0.29, 0.717) is 19.5 Å². The Labute approximate surface area is 116 Å². The fourth-order valence-electron chi connectivity index (χ4n) is 1.34. The number of carbonyl (C=O) groups is 1. The number of furan rings is 1. The van der Waals surface area contributed by atoms with Crippen molar-refractivity contribution in [2.24, 2.45) is 0 Å². The Morgan fingerprint density at radius 3 is 2.65 bits per heavy atom. The Balaban J connectivity index is 2.14. The van der Waals surface area contributed by atoms with Crippen LogP contribution in [0.5, 0.6) is 0 Å². The third-order valence-electron chi connectivity index (χ3n) is 1.97. The molecule has 0 saturated carbocycles. The highest BCUT2D eigenvalue weighted by molar-refractivity contribution is 14.1. The van der Waals surface area contributed by atoms with E-state index >= 15 is 0 Å². The van der Waals surface area contributed by atoms with Gasteiger partial charge in [0.05, 0.1) is 6.54 Å². The Hall–Kier alpha value is -0.560. The Morgan fingerprint density at radius 1 is 1.41 bits per heavy atom. The first kappa shape index (κ1) is 14.5. The summed E-state index contributed by atoms with van der Waals surface area (Å²) in [5, 5.41) is 6.09. The standard InChI is InChI=1S/C12H19IN2O2/c1-12(2,3)15-11(16)6-7-14-8-9-4-5-10(13)17-9/h4-5,14H,6-8H2,1-3H3,(H,15,16). The maximum Gasteiger partial charge on any atom is 0.221 e. The molecule has 0 bridgehead atoms. The molecule has 0 saturated heterocycles. The van der Waals surface area contributed by atoms with Gasteiger partial charge < -0.3 is 15.1 Å². The molecule has 1 aromatic heterocycles. The molecule has 0 atom stereocenters. The van der Waals surface area contributed by atoms with E-state index in [-0.39, 0.29) is 11.4 Å². The zero-order chi connectivity index (χ0) is 12.9. The monoisotopic (exact) mass is 350 g/mol. The molecule has 0 fully saturated rings. The molecule has 0 radical (unpaired) electrons. The number of hydrogen-bond acceptors (Lipinski definition) is 3. The lowest BCUT2D eigenvalue weighted by molar-refractivity contribution is -0.122. The molecule has 0 aliphatic carbocycles. The van der Waals surface area contributed by atoms with Crippen LogP contribution < -0.4 is 10.6 Å². The maximum atomic E-state index is 11.5. The van der Waals surface area contributed by atoms with Gasteiger partial charge in [0.25, 0.3) is 0 Å². The van der Waals surface area contributed by atoms with Crippen LogP contribution in [-0.2, 0) is 11.3 Å². The van der Waals surface area contributed by atoms with Gasteiger partial charge in [0.2, 0.25) is 5.91 Å². The summed E-state index contributed by atoms with van der Waals surface area (Å²) in [6.07, 6.45) is 0.481. The SMILES string of the molecule is CC(C)(C)NC(=O)CCNCc1ccc(I)o1. The Kier molecular flexibility index (Phi) is 5.45. The lowest BCUT2D eigenvalue weighted by Gasteiger charge is -2.20. The van der Waals surface area contributed by atoms with E-state index in [2.05, 4.69) is 33.2 Å².